The van der Waals surface area contributed by atoms with E-state index in [0.717, 1.165) is 36.2 Å². The van der Waals surface area contributed by atoms with Crippen molar-refractivity contribution in [2.75, 3.05) is 45.7 Å². The molecule has 1 aromatic carbocycles. The Bertz CT molecular complexity index is 415. The average molecular weight is 278 g/mol. The fraction of sp³-hybridized carbons (Fsp3) is 0.625. The van der Waals surface area contributed by atoms with E-state index in [2.05, 4.69) is 17.1 Å². The molecule has 0 unspecified atom stereocenters. The van der Waals surface area contributed by atoms with Gasteiger partial charge in [0.15, 0.2) is 0 Å². The molecule has 1 aliphatic heterocycles. The zero-order chi connectivity index (χ0) is 14.4. The second-order valence-electron chi connectivity index (χ2n) is 5.52. The molecule has 1 aliphatic rings. The molecule has 2 rings (SSSR count). The molecule has 1 saturated heterocycles. The Balaban J connectivity index is 1.84. The number of piperidine rings is 1. The number of hydrogen-bond donors (Lipinski definition) is 1. The molecule has 0 aliphatic carbocycles. The lowest BCUT2D eigenvalue weighted by atomic mass is 9.99. The van der Waals surface area contributed by atoms with Gasteiger partial charge in [0.2, 0.25) is 0 Å². The molecule has 4 nitrogen and oxygen atoms in total. The first kappa shape index (κ1) is 15.0. The van der Waals surface area contributed by atoms with Gasteiger partial charge in [-0.2, -0.15) is 0 Å². The number of rotatable bonds is 6. The predicted octanol–water partition coefficient (Wildman–Crippen LogP) is 2.85. The van der Waals surface area contributed by atoms with E-state index in [0.29, 0.717) is 0 Å². The lowest BCUT2D eigenvalue weighted by Gasteiger charge is -2.30. The van der Waals surface area contributed by atoms with E-state index < -0.39 is 0 Å². The molecular formula is C16H26N2O2. The van der Waals surface area contributed by atoms with E-state index in [9.17, 15) is 0 Å². The number of nitrogens with zero attached hydrogens (tertiary/aromatic N) is 1. The highest BCUT2D eigenvalue weighted by atomic mass is 16.5. The Morgan fingerprint density at radius 3 is 2.60 bits per heavy atom. The summed E-state index contributed by atoms with van der Waals surface area (Å²) < 4.78 is 10.6. The van der Waals surface area contributed by atoms with E-state index in [4.69, 9.17) is 9.47 Å². The number of hydrogen-bond acceptors (Lipinski definition) is 4. The second-order valence-corrected chi connectivity index (χ2v) is 5.52. The van der Waals surface area contributed by atoms with Crippen LogP contribution in [0.25, 0.3) is 0 Å². The van der Waals surface area contributed by atoms with Gasteiger partial charge in [0.25, 0.3) is 0 Å². The monoisotopic (exact) mass is 278 g/mol. The highest BCUT2D eigenvalue weighted by Crippen LogP contribution is 2.28. The van der Waals surface area contributed by atoms with Crippen LogP contribution < -0.4 is 14.8 Å². The number of benzene rings is 1. The van der Waals surface area contributed by atoms with E-state index in [1.54, 1.807) is 14.2 Å². The molecule has 1 heterocycles. The minimum atomic E-state index is 0.847. The standard InChI is InChI=1S/C16H26N2O2/c1-13-6-9-18(10-7-13)11-8-17-15-12-14(19-2)4-5-16(15)20-3/h4-5,12-13,17H,6-11H2,1-3H3. The first-order valence-corrected chi connectivity index (χ1v) is 7.41. The summed E-state index contributed by atoms with van der Waals surface area (Å²) in [5.74, 6) is 2.59. The third-order valence-corrected chi connectivity index (χ3v) is 4.03. The van der Waals surface area contributed by atoms with Gasteiger partial charge in [-0.15, -0.1) is 0 Å². The van der Waals surface area contributed by atoms with E-state index in [1.807, 2.05) is 18.2 Å². The van der Waals surface area contributed by atoms with Gasteiger partial charge in [-0.3, -0.25) is 0 Å². The van der Waals surface area contributed by atoms with Crippen molar-refractivity contribution in [1.29, 1.82) is 0 Å². The van der Waals surface area contributed by atoms with Gasteiger partial charge < -0.3 is 19.7 Å². The summed E-state index contributed by atoms with van der Waals surface area (Å²) >= 11 is 0. The Morgan fingerprint density at radius 1 is 1.20 bits per heavy atom. The molecule has 0 aromatic heterocycles. The third-order valence-electron chi connectivity index (χ3n) is 4.03. The average Bonchev–Trinajstić information content (AvgIpc) is 2.49. The number of likely N-dealkylation sites (tertiary alicyclic amines) is 1. The third kappa shape index (κ3) is 4.04. The van der Waals surface area contributed by atoms with Crippen LogP contribution in [0.5, 0.6) is 11.5 Å². The molecule has 0 atom stereocenters. The van der Waals surface area contributed by atoms with E-state index in [-0.39, 0.29) is 0 Å². The molecule has 1 fully saturated rings. The van der Waals surface area contributed by atoms with Crippen LogP contribution in [0.3, 0.4) is 0 Å². The molecule has 20 heavy (non-hydrogen) atoms. The van der Waals surface area contributed by atoms with Crippen molar-refractivity contribution in [3.8, 4) is 11.5 Å². The van der Waals surface area contributed by atoms with Crippen molar-refractivity contribution < 1.29 is 9.47 Å². The highest BCUT2D eigenvalue weighted by Gasteiger charge is 2.15. The number of nitrogens with one attached hydrogen (secondary N) is 1. The minimum Gasteiger partial charge on any atom is -0.497 e. The maximum absolute atomic E-state index is 5.37. The van der Waals surface area contributed by atoms with Gasteiger partial charge in [-0.05, 0) is 44.0 Å². The Morgan fingerprint density at radius 2 is 1.95 bits per heavy atom. The summed E-state index contributed by atoms with van der Waals surface area (Å²) in [6.45, 7) is 6.79. The van der Waals surface area contributed by atoms with Gasteiger partial charge in [0.1, 0.15) is 11.5 Å². The molecule has 0 spiro atoms. The van der Waals surface area contributed by atoms with Crippen LogP contribution in [0, 0.1) is 5.92 Å². The predicted molar refractivity (Wildman–Crippen MR) is 82.9 cm³/mol. The fourth-order valence-electron chi connectivity index (χ4n) is 2.59. The molecule has 0 radical (unpaired) electrons. The zero-order valence-electron chi connectivity index (χ0n) is 12.8. The molecular weight excluding hydrogens is 252 g/mol. The quantitative estimate of drug-likeness (QED) is 0.867. The number of ether oxygens (including phenoxy) is 2. The van der Waals surface area contributed by atoms with Crippen LogP contribution >= 0.6 is 0 Å². The van der Waals surface area contributed by atoms with Crippen molar-refractivity contribution in [2.45, 2.75) is 19.8 Å². The summed E-state index contributed by atoms with van der Waals surface area (Å²) in [4.78, 5) is 2.53. The number of methoxy groups -OCH3 is 2. The van der Waals surface area contributed by atoms with Crippen molar-refractivity contribution >= 4 is 5.69 Å². The minimum absolute atomic E-state index is 0.847. The largest absolute Gasteiger partial charge is 0.497 e. The molecule has 1 N–H and O–H groups in total. The molecule has 1 aromatic rings. The molecule has 0 bridgehead atoms. The van der Waals surface area contributed by atoms with Gasteiger partial charge in [0.05, 0.1) is 19.9 Å². The Hall–Kier alpha value is -1.42. The van der Waals surface area contributed by atoms with Crippen molar-refractivity contribution in [2.24, 2.45) is 5.92 Å². The Kier molecular flexibility index (Phi) is 5.53. The van der Waals surface area contributed by atoms with Gasteiger partial charge in [-0.1, -0.05) is 6.92 Å². The van der Waals surface area contributed by atoms with Crippen LogP contribution in [0.15, 0.2) is 18.2 Å². The van der Waals surface area contributed by atoms with Crippen molar-refractivity contribution in [1.82, 2.24) is 4.90 Å². The molecule has 0 saturated carbocycles. The molecule has 112 valence electrons. The normalized spacial score (nSPS) is 16.9. The highest BCUT2D eigenvalue weighted by molar-refractivity contribution is 5.59. The smallest absolute Gasteiger partial charge is 0.142 e. The first-order chi connectivity index (χ1) is 9.72. The molecule has 0 amide bonds. The lowest BCUT2D eigenvalue weighted by Crippen LogP contribution is -2.36. The lowest BCUT2D eigenvalue weighted by molar-refractivity contribution is 0.199. The van der Waals surface area contributed by atoms with Crippen molar-refractivity contribution in [3.05, 3.63) is 18.2 Å². The molecule has 4 heteroatoms. The van der Waals surface area contributed by atoms with Gasteiger partial charge >= 0.3 is 0 Å². The van der Waals surface area contributed by atoms with Crippen LogP contribution in [-0.2, 0) is 0 Å². The summed E-state index contributed by atoms with van der Waals surface area (Å²) in [6, 6.07) is 5.83. The van der Waals surface area contributed by atoms with Crippen molar-refractivity contribution in [3.63, 3.8) is 0 Å². The topological polar surface area (TPSA) is 33.7 Å². The van der Waals surface area contributed by atoms with Crippen LogP contribution in [-0.4, -0.2) is 45.3 Å². The van der Waals surface area contributed by atoms with Gasteiger partial charge in [-0.25, -0.2) is 0 Å². The van der Waals surface area contributed by atoms with Crippen LogP contribution in [0.2, 0.25) is 0 Å². The number of anilines is 1. The second kappa shape index (κ2) is 7.39. The maximum atomic E-state index is 5.37. The summed E-state index contributed by atoms with van der Waals surface area (Å²) in [5.41, 5.74) is 0.997. The van der Waals surface area contributed by atoms with Crippen LogP contribution in [0.1, 0.15) is 19.8 Å². The van der Waals surface area contributed by atoms with E-state index >= 15 is 0 Å². The van der Waals surface area contributed by atoms with Crippen LogP contribution in [0.4, 0.5) is 5.69 Å². The SMILES string of the molecule is COc1ccc(OC)c(NCCN2CCC(C)CC2)c1. The zero-order valence-corrected chi connectivity index (χ0v) is 12.8. The summed E-state index contributed by atoms with van der Waals surface area (Å²) in [7, 11) is 3.37. The Labute approximate surface area is 122 Å². The fourth-order valence-corrected chi connectivity index (χ4v) is 2.59. The van der Waals surface area contributed by atoms with E-state index in [1.165, 1.54) is 25.9 Å². The maximum Gasteiger partial charge on any atom is 0.142 e. The first-order valence-electron chi connectivity index (χ1n) is 7.41. The summed E-state index contributed by atoms with van der Waals surface area (Å²) in [5, 5.41) is 3.45. The summed E-state index contributed by atoms with van der Waals surface area (Å²) in [6.07, 6.45) is 2.64. The van der Waals surface area contributed by atoms with Gasteiger partial charge in [0, 0.05) is 19.2 Å².